The number of aromatic nitrogens is 1. The zero-order chi connectivity index (χ0) is 18.4. The van der Waals surface area contributed by atoms with Crippen molar-refractivity contribution in [1.82, 2.24) is 10.3 Å². The maximum Gasteiger partial charge on any atom is 0.269 e. The molecule has 0 saturated heterocycles. The lowest BCUT2D eigenvalue weighted by molar-refractivity contribution is 0.0947. The highest BCUT2D eigenvalue weighted by Crippen LogP contribution is 2.32. The molecule has 6 heteroatoms. The van der Waals surface area contributed by atoms with E-state index < -0.39 is 0 Å². The van der Waals surface area contributed by atoms with Crippen LogP contribution >= 0.6 is 11.6 Å². The van der Waals surface area contributed by atoms with Crippen molar-refractivity contribution in [3.8, 4) is 5.75 Å². The number of pyridine rings is 1. The summed E-state index contributed by atoms with van der Waals surface area (Å²) in [4.78, 5) is 16.3. The van der Waals surface area contributed by atoms with Crippen LogP contribution in [0.2, 0.25) is 5.02 Å². The van der Waals surface area contributed by atoms with Crippen molar-refractivity contribution < 1.29 is 9.53 Å². The lowest BCUT2D eigenvalue weighted by Gasteiger charge is -2.13. The highest BCUT2D eigenvalue weighted by molar-refractivity contribution is 6.31. The minimum absolute atomic E-state index is 0.160. The predicted octanol–water partition coefficient (Wildman–Crippen LogP) is 4.57. The van der Waals surface area contributed by atoms with Crippen molar-refractivity contribution in [2.24, 2.45) is 5.92 Å². The molecular weight excluding hydrogens is 338 g/mol. The van der Waals surface area contributed by atoms with E-state index in [-0.39, 0.29) is 5.91 Å². The third-order valence-corrected chi connectivity index (χ3v) is 4.17. The number of methoxy groups -OCH3 is 1. The standard InChI is InChI=1S/C19H24ClN3O2/c1-12(2)7-8-21-19(24)16-6-5-14(11-22-16)23-17-9-13(3)15(20)10-18(17)25-4/h5-6,9-12,23H,7-8H2,1-4H3,(H,21,24). The average molecular weight is 362 g/mol. The number of benzene rings is 1. The van der Waals surface area contributed by atoms with E-state index in [1.807, 2.05) is 19.1 Å². The number of halogens is 1. The highest BCUT2D eigenvalue weighted by atomic mass is 35.5. The third kappa shape index (κ3) is 5.36. The second-order valence-electron chi connectivity index (χ2n) is 6.30. The normalized spacial score (nSPS) is 10.6. The third-order valence-electron chi connectivity index (χ3n) is 3.76. The van der Waals surface area contributed by atoms with E-state index in [9.17, 15) is 4.79 Å². The summed E-state index contributed by atoms with van der Waals surface area (Å²) in [6.45, 7) is 6.82. The van der Waals surface area contributed by atoms with Crippen LogP contribution in [0.15, 0.2) is 30.5 Å². The fraction of sp³-hybridized carbons (Fsp3) is 0.368. The van der Waals surface area contributed by atoms with Crippen molar-refractivity contribution >= 4 is 28.9 Å². The smallest absolute Gasteiger partial charge is 0.269 e. The molecule has 0 fully saturated rings. The summed E-state index contributed by atoms with van der Waals surface area (Å²) in [5.74, 6) is 1.04. The lowest BCUT2D eigenvalue weighted by atomic mass is 10.1. The number of anilines is 2. The number of rotatable bonds is 7. The Labute approximate surface area is 153 Å². The van der Waals surface area contributed by atoms with Crippen LogP contribution < -0.4 is 15.4 Å². The second-order valence-corrected chi connectivity index (χ2v) is 6.70. The molecule has 0 saturated carbocycles. The second kappa shape index (κ2) is 8.72. The monoisotopic (exact) mass is 361 g/mol. The molecule has 2 aromatic rings. The number of aryl methyl sites for hydroxylation is 1. The molecule has 0 unspecified atom stereocenters. The van der Waals surface area contributed by atoms with E-state index in [0.717, 1.165) is 23.4 Å². The Kier molecular flexibility index (Phi) is 6.65. The van der Waals surface area contributed by atoms with Crippen LogP contribution in [0, 0.1) is 12.8 Å². The predicted molar refractivity (Wildman–Crippen MR) is 102 cm³/mol. The molecule has 1 heterocycles. The van der Waals surface area contributed by atoms with Crippen molar-refractivity contribution in [2.75, 3.05) is 19.0 Å². The van der Waals surface area contributed by atoms with E-state index >= 15 is 0 Å². The van der Waals surface area contributed by atoms with Gasteiger partial charge in [0.05, 0.1) is 24.7 Å². The topological polar surface area (TPSA) is 63.2 Å². The number of nitrogens with one attached hydrogen (secondary N) is 2. The number of hydrogen-bond donors (Lipinski definition) is 2. The molecule has 0 aliphatic heterocycles. The van der Waals surface area contributed by atoms with Crippen LogP contribution in [0.4, 0.5) is 11.4 Å². The van der Waals surface area contributed by atoms with Crippen LogP contribution in [0.25, 0.3) is 0 Å². The number of carbonyl (C=O) groups excluding carboxylic acids is 1. The Morgan fingerprint density at radius 3 is 2.68 bits per heavy atom. The summed E-state index contributed by atoms with van der Waals surface area (Å²) < 4.78 is 5.35. The van der Waals surface area contributed by atoms with Gasteiger partial charge in [-0.3, -0.25) is 4.79 Å². The minimum Gasteiger partial charge on any atom is -0.495 e. The van der Waals surface area contributed by atoms with Crippen LogP contribution in [0.3, 0.4) is 0 Å². The van der Waals surface area contributed by atoms with Gasteiger partial charge < -0.3 is 15.4 Å². The highest BCUT2D eigenvalue weighted by Gasteiger charge is 2.10. The van der Waals surface area contributed by atoms with Gasteiger partial charge in [-0.15, -0.1) is 0 Å². The van der Waals surface area contributed by atoms with Crippen molar-refractivity contribution in [3.63, 3.8) is 0 Å². The first-order valence-electron chi connectivity index (χ1n) is 8.26. The Bertz CT molecular complexity index is 730. The lowest BCUT2D eigenvalue weighted by Crippen LogP contribution is -2.26. The summed E-state index contributed by atoms with van der Waals surface area (Å²) in [5.41, 5.74) is 2.90. The van der Waals surface area contributed by atoms with Gasteiger partial charge >= 0.3 is 0 Å². The molecular formula is C19H24ClN3O2. The van der Waals surface area contributed by atoms with E-state index in [0.29, 0.717) is 28.9 Å². The van der Waals surface area contributed by atoms with Gasteiger partial charge in [-0.2, -0.15) is 0 Å². The van der Waals surface area contributed by atoms with Crippen LogP contribution in [0.5, 0.6) is 5.75 Å². The molecule has 1 amide bonds. The number of hydrogen-bond acceptors (Lipinski definition) is 4. The van der Waals surface area contributed by atoms with Crippen molar-refractivity contribution in [3.05, 3.63) is 46.7 Å². The number of ether oxygens (including phenoxy) is 1. The summed E-state index contributed by atoms with van der Waals surface area (Å²) in [7, 11) is 1.59. The maximum atomic E-state index is 12.0. The van der Waals surface area contributed by atoms with E-state index in [1.54, 1.807) is 25.4 Å². The summed E-state index contributed by atoms with van der Waals surface area (Å²) >= 11 is 6.12. The maximum absolute atomic E-state index is 12.0. The van der Waals surface area contributed by atoms with Crippen molar-refractivity contribution in [1.29, 1.82) is 0 Å². The van der Waals surface area contributed by atoms with E-state index in [4.69, 9.17) is 16.3 Å². The Morgan fingerprint density at radius 1 is 1.32 bits per heavy atom. The zero-order valence-corrected chi connectivity index (χ0v) is 15.8. The first-order valence-corrected chi connectivity index (χ1v) is 8.64. The molecule has 25 heavy (non-hydrogen) atoms. The molecule has 0 aliphatic rings. The number of amides is 1. The number of nitrogens with zero attached hydrogens (tertiary/aromatic N) is 1. The molecule has 0 aliphatic carbocycles. The summed E-state index contributed by atoms with van der Waals surface area (Å²) in [6.07, 6.45) is 2.57. The Balaban J connectivity index is 2.05. The number of carbonyl (C=O) groups is 1. The van der Waals surface area contributed by atoms with Gasteiger partial charge in [-0.1, -0.05) is 25.4 Å². The largest absolute Gasteiger partial charge is 0.495 e. The van der Waals surface area contributed by atoms with Crippen LogP contribution in [0.1, 0.15) is 36.3 Å². The quantitative estimate of drug-likeness (QED) is 0.758. The van der Waals surface area contributed by atoms with Crippen LogP contribution in [-0.4, -0.2) is 24.5 Å². The minimum atomic E-state index is -0.160. The molecule has 134 valence electrons. The molecule has 1 aromatic carbocycles. The van der Waals surface area contributed by atoms with Gasteiger partial charge in [0.25, 0.3) is 5.91 Å². The SMILES string of the molecule is COc1cc(Cl)c(C)cc1Nc1ccc(C(=O)NCCC(C)C)nc1. The average Bonchev–Trinajstić information content (AvgIpc) is 2.58. The van der Waals surface area contributed by atoms with Crippen LogP contribution in [-0.2, 0) is 0 Å². The molecule has 0 atom stereocenters. The first-order chi connectivity index (χ1) is 11.9. The Hall–Kier alpha value is -2.27. The van der Waals surface area contributed by atoms with E-state index in [1.165, 1.54) is 0 Å². The fourth-order valence-electron chi connectivity index (χ4n) is 2.25. The van der Waals surface area contributed by atoms with Gasteiger partial charge in [0.15, 0.2) is 0 Å². The zero-order valence-electron chi connectivity index (χ0n) is 15.0. The first kappa shape index (κ1) is 19.1. The van der Waals surface area contributed by atoms with Gasteiger partial charge in [-0.25, -0.2) is 4.98 Å². The van der Waals surface area contributed by atoms with Gasteiger partial charge in [0, 0.05) is 17.6 Å². The van der Waals surface area contributed by atoms with E-state index in [2.05, 4.69) is 29.5 Å². The molecule has 0 spiro atoms. The molecule has 5 nitrogen and oxygen atoms in total. The van der Waals surface area contributed by atoms with Crippen molar-refractivity contribution in [2.45, 2.75) is 27.2 Å². The van der Waals surface area contributed by atoms with Gasteiger partial charge in [0.1, 0.15) is 11.4 Å². The van der Waals surface area contributed by atoms with Gasteiger partial charge in [0.2, 0.25) is 0 Å². The molecule has 2 N–H and O–H groups in total. The molecule has 2 rings (SSSR count). The summed E-state index contributed by atoms with van der Waals surface area (Å²) in [5, 5.41) is 6.76. The fourth-order valence-corrected chi connectivity index (χ4v) is 2.41. The Morgan fingerprint density at radius 2 is 2.08 bits per heavy atom. The van der Waals surface area contributed by atoms with Gasteiger partial charge in [-0.05, 0) is 43.0 Å². The summed E-state index contributed by atoms with van der Waals surface area (Å²) in [6, 6.07) is 7.19. The molecule has 1 aromatic heterocycles. The molecule has 0 radical (unpaired) electrons. The molecule has 0 bridgehead atoms.